The normalized spacial score (nSPS) is 12.6. The second-order valence-corrected chi connectivity index (χ2v) is 4.44. The van der Waals surface area contributed by atoms with E-state index in [1.165, 1.54) is 6.20 Å². The van der Waals surface area contributed by atoms with Crippen molar-refractivity contribution < 1.29 is 9.84 Å². The van der Waals surface area contributed by atoms with Crippen molar-refractivity contribution in [3.05, 3.63) is 65.4 Å². The maximum Gasteiger partial charge on any atom is 0.294 e. The minimum Gasteiger partial charge on any atom is -0.618 e. The molecule has 0 saturated carbocycles. The minimum atomic E-state index is -0.644. The van der Waals surface area contributed by atoms with Gasteiger partial charge >= 0.3 is 0 Å². The second kappa shape index (κ2) is 6.26. The quantitative estimate of drug-likeness (QED) is 0.633. The Balaban J connectivity index is 1.92. The summed E-state index contributed by atoms with van der Waals surface area (Å²) < 4.78 is 0.651. The number of aliphatic hydroxyl groups excluding tert-OH is 1. The highest BCUT2D eigenvalue weighted by molar-refractivity contribution is 5.08. The molecule has 0 aliphatic carbocycles. The lowest BCUT2D eigenvalue weighted by molar-refractivity contribution is -0.610. The highest BCUT2D eigenvalue weighted by Gasteiger charge is 2.12. The Kier molecular flexibility index (Phi) is 4.43. The van der Waals surface area contributed by atoms with E-state index in [9.17, 15) is 10.3 Å². The number of pyridine rings is 2. The van der Waals surface area contributed by atoms with Crippen LogP contribution < -0.4 is 4.73 Å². The van der Waals surface area contributed by atoms with E-state index in [2.05, 4.69) is 11.2 Å². The average Bonchev–Trinajstić information content (AvgIpc) is 2.39. The van der Waals surface area contributed by atoms with Gasteiger partial charge in [-0.2, -0.15) is 4.73 Å². The maximum absolute atomic E-state index is 11.1. The third kappa shape index (κ3) is 4.01. The smallest absolute Gasteiger partial charge is 0.294 e. The van der Waals surface area contributed by atoms with E-state index in [-0.39, 0.29) is 0 Å². The zero-order chi connectivity index (χ0) is 13.7. The van der Waals surface area contributed by atoms with Gasteiger partial charge < -0.3 is 10.3 Å². The van der Waals surface area contributed by atoms with Crippen molar-refractivity contribution in [3.8, 4) is 0 Å². The van der Waals surface area contributed by atoms with Crippen LogP contribution in [-0.4, -0.2) is 28.6 Å². The van der Waals surface area contributed by atoms with Crippen molar-refractivity contribution in [3.63, 3.8) is 0 Å². The molecule has 2 rings (SSSR count). The first-order valence-corrected chi connectivity index (χ1v) is 6.03. The first-order valence-electron chi connectivity index (χ1n) is 6.03. The number of rotatable bonds is 5. The summed E-state index contributed by atoms with van der Waals surface area (Å²) in [5.74, 6) is 0. The van der Waals surface area contributed by atoms with Crippen LogP contribution in [0.1, 0.15) is 17.4 Å². The summed E-state index contributed by atoms with van der Waals surface area (Å²) in [4.78, 5) is 6.04. The lowest BCUT2D eigenvalue weighted by Crippen LogP contribution is -2.29. The number of hydrogen-bond donors (Lipinski definition) is 1. The van der Waals surface area contributed by atoms with Gasteiger partial charge in [-0.15, -0.1) is 0 Å². The first kappa shape index (κ1) is 13.5. The van der Waals surface area contributed by atoms with Gasteiger partial charge in [0.1, 0.15) is 6.10 Å². The summed E-state index contributed by atoms with van der Waals surface area (Å²) in [5.41, 5.74) is 1.43. The van der Waals surface area contributed by atoms with Crippen LogP contribution in [0.5, 0.6) is 0 Å². The standard InChI is InChI=1S/C14H16N3O2/c1-16(9-12-5-4-8-17(19)10-12)11-14(18)13-6-2-3-7-15-13/h2-8,14,18H,9,11H2,1H3. The molecule has 2 heterocycles. The maximum atomic E-state index is 11.1. The highest BCUT2D eigenvalue weighted by Crippen LogP contribution is 2.11. The molecule has 19 heavy (non-hydrogen) atoms. The summed E-state index contributed by atoms with van der Waals surface area (Å²) in [6, 6.07) is 8.96. The van der Waals surface area contributed by atoms with E-state index >= 15 is 0 Å². The molecule has 0 aromatic carbocycles. The molecule has 0 fully saturated rings. The molecule has 5 nitrogen and oxygen atoms in total. The fourth-order valence-corrected chi connectivity index (χ4v) is 1.86. The molecule has 99 valence electrons. The van der Waals surface area contributed by atoms with Crippen molar-refractivity contribution in [2.45, 2.75) is 12.6 Å². The van der Waals surface area contributed by atoms with Gasteiger partial charge in [-0.1, -0.05) is 6.07 Å². The van der Waals surface area contributed by atoms with Crippen LogP contribution in [0.2, 0.25) is 0 Å². The minimum absolute atomic E-state index is 0.443. The van der Waals surface area contributed by atoms with Gasteiger partial charge in [0.2, 0.25) is 0 Å². The van der Waals surface area contributed by atoms with Gasteiger partial charge in [0.05, 0.1) is 5.69 Å². The summed E-state index contributed by atoms with van der Waals surface area (Å²) in [7, 11) is 1.88. The predicted molar refractivity (Wildman–Crippen MR) is 69.8 cm³/mol. The van der Waals surface area contributed by atoms with E-state index < -0.39 is 6.10 Å². The van der Waals surface area contributed by atoms with Crippen LogP contribution in [0.25, 0.3) is 0 Å². The SMILES string of the molecule is CN(Cc1[c][n+]([O-])ccc1)CC(O)c1ccccn1. The summed E-state index contributed by atoms with van der Waals surface area (Å²) in [6.07, 6.45) is 5.08. The van der Waals surface area contributed by atoms with Crippen molar-refractivity contribution in [2.75, 3.05) is 13.6 Å². The summed E-state index contributed by atoms with van der Waals surface area (Å²) >= 11 is 0. The number of nitrogens with zero attached hydrogens (tertiary/aromatic N) is 3. The molecule has 0 saturated heterocycles. The van der Waals surface area contributed by atoms with Crippen LogP contribution in [0, 0.1) is 11.4 Å². The highest BCUT2D eigenvalue weighted by atomic mass is 16.5. The van der Waals surface area contributed by atoms with E-state index in [4.69, 9.17) is 0 Å². The molecule has 1 atom stereocenters. The first-order chi connectivity index (χ1) is 9.15. The molecule has 1 N–H and O–H groups in total. The molecule has 1 radical (unpaired) electrons. The van der Waals surface area contributed by atoms with Gasteiger partial charge in [-0.25, -0.2) is 0 Å². The Labute approximate surface area is 112 Å². The van der Waals surface area contributed by atoms with Crippen molar-refractivity contribution in [2.24, 2.45) is 0 Å². The topological polar surface area (TPSA) is 63.3 Å². The van der Waals surface area contributed by atoms with Gasteiger partial charge in [0.15, 0.2) is 6.20 Å². The molecule has 0 amide bonds. The zero-order valence-corrected chi connectivity index (χ0v) is 10.7. The largest absolute Gasteiger partial charge is 0.618 e. The van der Waals surface area contributed by atoms with Gasteiger partial charge in [-0.3, -0.25) is 9.88 Å². The van der Waals surface area contributed by atoms with Gasteiger partial charge in [0.25, 0.3) is 6.20 Å². The Morgan fingerprint density at radius 1 is 1.42 bits per heavy atom. The summed E-state index contributed by atoms with van der Waals surface area (Å²) in [5, 5.41) is 21.1. The molecule has 2 aromatic rings. The number of hydrogen-bond acceptors (Lipinski definition) is 4. The zero-order valence-electron chi connectivity index (χ0n) is 10.7. The van der Waals surface area contributed by atoms with Crippen molar-refractivity contribution >= 4 is 0 Å². The van der Waals surface area contributed by atoms with Crippen LogP contribution >= 0.6 is 0 Å². The summed E-state index contributed by atoms with van der Waals surface area (Å²) in [6.45, 7) is 0.992. The molecule has 0 aliphatic rings. The van der Waals surface area contributed by atoms with Crippen LogP contribution in [0.4, 0.5) is 0 Å². The lowest BCUT2D eigenvalue weighted by atomic mass is 10.2. The molecule has 2 aromatic heterocycles. The third-order valence-corrected chi connectivity index (χ3v) is 2.73. The lowest BCUT2D eigenvalue weighted by Gasteiger charge is -2.19. The number of likely N-dealkylation sites (N-methyl/N-ethyl adjacent to an activating group) is 1. The van der Waals surface area contributed by atoms with Gasteiger partial charge in [0, 0.05) is 30.9 Å². The van der Waals surface area contributed by atoms with Crippen LogP contribution in [-0.2, 0) is 6.54 Å². The fraction of sp³-hybridized carbons (Fsp3) is 0.286. The molecule has 1 unspecified atom stereocenters. The van der Waals surface area contributed by atoms with Crippen molar-refractivity contribution in [1.82, 2.24) is 9.88 Å². The van der Waals surface area contributed by atoms with E-state index in [1.807, 2.05) is 30.1 Å². The second-order valence-electron chi connectivity index (χ2n) is 4.44. The Morgan fingerprint density at radius 3 is 2.95 bits per heavy atom. The van der Waals surface area contributed by atoms with Crippen LogP contribution in [0.15, 0.2) is 42.7 Å². The average molecular weight is 258 g/mol. The Hall–Kier alpha value is -1.98. The van der Waals surface area contributed by atoms with E-state index in [0.29, 0.717) is 23.5 Å². The Bertz CT molecular complexity index is 519. The molecule has 0 spiro atoms. The predicted octanol–water partition coefficient (Wildman–Crippen LogP) is 0.681. The monoisotopic (exact) mass is 258 g/mol. The number of aromatic nitrogens is 2. The molecule has 0 bridgehead atoms. The molecule has 0 aliphatic heterocycles. The van der Waals surface area contributed by atoms with E-state index in [1.54, 1.807) is 18.3 Å². The fourth-order valence-electron chi connectivity index (χ4n) is 1.86. The van der Waals surface area contributed by atoms with E-state index in [0.717, 1.165) is 5.56 Å². The molecular weight excluding hydrogens is 242 g/mol. The Morgan fingerprint density at radius 2 is 2.26 bits per heavy atom. The van der Waals surface area contributed by atoms with Crippen molar-refractivity contribution in [1.29, 1.82) is 0 Å². The molecular formula is C14H16N3O2. The third-order valence-electron chi connectivity index (χ3n) is 2.73. The van der Waals surface area contributed by atoms with Gasteiger partial charge in [-0.05, 0) is 25.2 Å². The number of aliphatic hydroxyl groups is 1. The van der Waals surface area contributed by atoms with Crippen LogP contribution in [0.3, 0.4) is 0 Å². The molecule has 5 heteroatoms.